The van der Waals surface area contributed by atoms with Crippen molar-refractivity contribution in [2.24, 2.45) is 0 Å². The van der Waals surface area contributed by atoms with Crippen molar-refractivity contribution < 1.29 is 14.3 Å². The van der Waals surface area contributed by atoms with Crippen molar-refractivity contribution in [3.63, 3.8) is 0 Å². The minimum absolute atomic E-state index is 0.186. The molecule has 1 amide bonds. The highest BCUT2D eigenvalue weighted by atomic mass is 16.5. The monoisotopic (exact) mass is 377 g/mol. The first-order chi connectivity index (χ1) is 13.8. The third kappa shape index (κ3) is 3.57. The molecule has 0 unspecified atom stereocenters. The van der Waals surface area contributed by atoms with Gasteiger partial charge in [0.05, 0.1) is 12.2 Å². The Morgan fingerprint density at radius 2 is 2.25 bits per heavy atom. The quantitative estimate of drug-likeness (QED) is 0.708. The molecule has 1 aliphatic rings. The molecule has 1 aliphatic heterocycles. The smallest absolute Gasteiger partial charge is 0.250 e. The maximum atomic E-state index is 12.6. The number of carbonyl (C=O) groups is 1. The number of amides is 1. The number of hydrogen-bond acceptors (Lipinski definition) is 6. The van der Waals surface area contributed by atoms with Crippen molar-refractivity contribution in [1.82, 2.24) is 25.1 Å². The first kappa shape index (κ1) is 17.7. The van der Waals surface area contributed by atoms with Crippen molar-refractivity contribution in [2.75, 3.05) is 13.2 Å². The van der Waals surface area contributed by atoms with Gasteiger partial charge in [0.2, 0.25) is 0 Å². The number of rotatable bonds is 6. The van der Waals surface area contributed by atoms with Crippen LogP contribution in [0.4, 0.5) is 0 Å². The van der Waals surface area contributed by atoms with E-state index in [1.807, 2.05) is 43.3 Å². The number of para-hydroxylation sites is 1. The van der Waals surface area contributed by atoms with Crippen LogP contribution in [0.25, 0.3) is 11.9 Å². The molecule has 0 atom stereocenters. The van der Waals surface area contributed by atoms with Gasteiger partial charge in [-0.15, -0.1) is 0 Å². The van der Waals surface area contributed by atoms with E-state index in [2.05, 4.69) is 20.4 Å². The number of ether oxygens (including phenoxy) is 2. The van der Waals surface area contributed by atoms with Gasteiger partial charge in [-0.25, -0.2) is 14.6 Å². The molecule has 1 N–H and O–H groups in total. The summed E-state index contributed by atoms with van der Waals surface area (Å²) in [6, 6.07) is 9.34. The van der Waals surface area contributed by atoms with Crippen LogP contribution in [0.1, 0.15) is 18.1 Å². The SMILES string of the molecule is CCOc1cccc2c1OCC(C(=O)NCc1cccnc1-n1cncn1)=C2. The molecule has 0 saturated heterocycles. The second-order valence-electron chi connectivity index (χ2n) is 6.07. The van der Waals surface area contributed by atoms with Gasteiger partial charge in [0.25, 0.3) is 5.91 Å². The Kier molecular flexibility index (Phi) is 5.01. The molecular formula is C20H19N5O3. The van der Waals surface area contributed by atoms with Crippen LogP contribution in [-0.4, -0.2) is 38.9 Å². The molecule has 2 aromatic heterocycles. The van der Waals surface area contributed by atoms with E-state index in [0.717, 1.165) is 11.1 Å². The molecule has 0 bridgehead atoms. The number of aromatic nitrogens is 4. The van der Waals surface area contributed by atoms with Crippen molar-refractivity contribution >= 4 is 12.0 Å². The first-order valence-corrected chi connectivity index (χ1v) is 8.92. The molecular weight excluding hydrogens is 358 g/mol. The fourth-order valence-electron chi connectivity index (χ4n) is 2.96. The van der Waals surface area contributed by atoms with Crippen LogP contribution in [0.2, 0.25) is 0 Å². The number of benzene rings is 1. The highest BCUT2D eigenvalue weighted by molar-refractivity contribution is 5.99. The van der Waals surface area contributed by atoms with Gasteiger partial charge in [0.1, 0.15) is 19.3 Å². The third-order valence-electron chi connectivity index (χ3n) is 4.25. The van der Waals surface area contributed by atoms with E-state index in [-0.39, 0.29) is 12.5 Å². The summed E-state index contributed by atoms with van der Waals surface area (Å²) < 4.78 is 12.9. The Balaban J connectivity index is 1.49. The van der Waals surface area contributed by atoms with Crippen LogP contribution in [0, 0.1) is 0 Å². The maximum absolute atomic E-state index is 12.6. The predicted octanol–water partition coefficient (Wildman–Crippen LogP) is 2.15. The zero-order valence-electron chi connectivity index (χ0n) is 15.3. The lowest BCUT2D eigenvalue weighted by molar-refractivity contribution is -0.117. The Labute approximate surface area is 161 Å². The summed E-state index contributed by atoms with van der Waals surface area (Å²) in [5.74, 6) is 1.78. The molecule has 4 rings (SSSR count). The van der Waals surface area contributed by atoms with E-state index < -0.39 is 0 Å². The summed E-state index contributed by atoms with van der Waals surface area (Å²) in [6.45, 7) is 2.97. The van der Waals surface area contributed by atoms with Crippen LogP contribution in [0.5, 0.6) is 11.5 Å². The summed E-state index contributed by atoms with van der Waals surface area (Å²) in [5, 5.41) is 7.02. The average Bonchev–Trinajstić information content (AvgIpc) is 3.27. The highest BCUT2D eigenvalue weighted by Gasteiger charge is 2.20. The zero-order valence-corrected chi connectivity index (χ0v) is 15.3. The Bertz CT molecular complexity index is 1010. The largest absolute Gasteiger partial charge is 0.490 e. The number of hydrogen-bond donors (Lipinski definition) is 1. The van der Waals surface area contributed by atoms with E-state index in [9.17, 15) is 4.79 Å². The second kappa shape index (κ2) is 7.91. The van der Waals surface area contributed by atoms with E-state index in [1.165, 1.54) is 6.33 Å². The Hall–Kier alpha value is -3.68. The van der Waals surface area contributed by atoms with Crippen LogP contribution < -0.4 is 14.8 Å². The molecule has 3 heterocycles. The minimum Gasteiger partial charge on any atom is -0.490 e. The standard InChI is InChI=1S/C20H19N5O3/c1-2-27-17-7-3-5-14-9-16(11-28-18(14)17)20(26)23-10-15-6-4-8-22-19(15)25-13-21-12-24-25/h3-9,12-13H,2,10-11H2,1H3,(H,23,26). The van der Waals surface area contributed by atoms with E-state index in [1.54, 1.807) is 17.2 Å². The van der Waals surface area contributed by atoms with Gasteiger partial charge in [-0.3, -0.25) is 4.79 Å². The fraction of sp³-hybridized carbons (Fsp3) is 0.200. The van der Waals surface area contributed by atoms with Crippen LogP contribution in [0.3, 0.4) is 0 Å². The first-order valence-electron chi connectivity index (χ1n) is 8.92. The summed E-state index contributed by atoms with van der Waals surface area (Å²) >= 11 is 0. The van der Waals surface area contributed by atoms with Gasteiger partial charge < -0.3 is 14.8 Å². The number of fused-ring (bicyclic) bond motifs is 1. The molecule has 28 heavy (non-hydrogen) atoms. The fourth-order valence-corrected chi connectivity index (χ4v) is 2.96. The van der Waals surface area contributed by atoms with Gasteiger partial charge in [-0.1, -0.05) is 18.2 Å². The molecule has 142 valence electrons. The summed E-state index contributed by atoms with van der Waals surface area (Å²) in [7, 11) is 0. The molecule has 8 nitrogen and oxygen atoms in total. The molecule has 1 aromatic carbocycles. The van der Waals surface area contributed by atoms with Crippen molar-refractivity contribution in [2.45, 2.75) is 13.5 Å². The lowest BCUT2D eigenvalue weighted by atomic mass is 10.1. The van der Waals surface area contributed by atoms with Gasteiger partial charge in [0, 0.05) is 23.9 Å². The molecule has 3 aromatic rings. The van der Waals surface area contributed by atoms with Crippen LogP contribution in [-0.2, 0) is 11.3 Å². The van der Waals surface area contributed by atoms with Gasteiger partial charge in [-0.05, 0) is 25.1 Å². The van der Waals surface area contributed by atoms with E-state index >= 15 is 0 Å². The van der Waals surface area contributed by atoms with Crippen molar-refractivity contribution in [3.05, 3.63) is 65.9 Å². The summed E-state index contributed by atoms with van der Waals surface area (Å²) in [6.07, 6.45) is 6.51. The van der Waals surface area contributed by atoms with E-state index in [4.69, 9.17) is 9.47 Å². The van der Waals surface area contributed by atoms with Gasteiger partial charge in [0.15, 0.2) is 17.3 Å². The minimum atomic E-state index is -0.194. The number of carbonyl (C=O) groups excluding carboxylic acids is 1. The average molecular weight is 377 g/mol. The molecule has 8 heteroatoms. The number of nitrogens with one attached hydrogen (secondary N) is 1. The molecule has 0 saturated carbocycles. The maximum Gasteiger partial charge on any atom is 0.250 e. The Morgan fingerprint density at radius 1 is 1.32 bits per heavy atom. The number of nitrogens with zero attached hydrogens (tertiary/aromatic N) is 4. The molecule has 0 radical (unpaired) electrons. The predicted molar refractivity (Wildman–Crippen MR) is 102 cm³/mol. The van der Waals surface area contributed by atoms with Crippen molar-refractivity contribution in [1.29, 1.82) is 0 Å². The summed E-state index contributed by atoms with van der Waals surface area (Å²) in [5.41, 5.74) is 2.21. The number of pyridine rings is 1. The normalized spacial score (nSPS) is 12.5. The Morgan fingerprint density at radius 3 is 3.07 bits per heavy atom. The molecule has 0 spiro atoms. The molecule has 0 aliphatic carbocycles. The summed E-state index contributed by atoms with van der Waals surface area (Å²) in [4.78, 5) is 20.9. The van der Waals surface area contributed by atoms with Gasteiger partial charge in [-0.2, -0.15) is 5.10 Å². The van der Waals surface area contributed by atoms with Gasteiger partial charge >= 0.3 is 0 Å². The van der Waals surface area contributed by atoms with Crippen LogP contribution in [0.15, 0.2) is 54.8 Å². The topological polar surface area (TPSA) is 91.2 Å². The highest BCUT2D eigenvalue weighted by Crippen LogP contribution is 2.35. The van der Waals surface area contributed by atoms with Crippen molar-refractivity contribution in [3.8, 4) is 17.3 Å². The lowest BCUT2D eigenvalue weighted by Gasteiger charge is -2.20. The van der Waals surface area contributed by atoms with Crippen LogP contribution >= 0.6 is 0 Å². The zero-order chi connectivity index (χ0) is 19.3. The second-order valence-corrected chi connectivity index (χ2v) is 6.07. The van der Waals surface area contributed by atoms with E-state index in [0.29, 0.717) is 36.0 Å². The lowest BCUT2D eigenvalue weighted by Crippen LogP contribution is -2.28. The molecule has 0 fully saturated rings. The third-order valence-corrected chi connectivity index (χ3v) is 4.25.